The summed E-state index contributed by atoms with van der Waals surface area (Å²) in [5.41, 5.74) is 6.50. The summed E-state index contributed by atoms with van der Waals surface area (Å²) in [4.78, 5) is 47.9. The monoisotopic (exact) mass is 479 g/mol. The average Bonchev–Trinajstić information content (AvgIpc) is 2.79. The summed E-state index contributed by atoms with van der Waals surface area (Å²) in [6.07, 6.45) is 0.665. The molecular formula is C25H37NO8. The summed E-state index contributed by atoms with van der Waals surface area (Å²) in [6, 6.07) is 3.13. The van der Waals surface area contributed by atoms with Gasteiger partial charge in [-0.2, -0.15) is 0 Å². The second-order valence-electron chi connectivity index (χ2n) is 8.52. The third-order valence-corrected chi connectivity index (χ3v) is 5.89. The number of carboxylic acids is 1. The summed E-state index contributed by atoms with van der Waals surface area (Å²) in [5, 5.41) is 9.65. The SMILES string of the molecule is CCC(=O)Oc1ccc(C(C(C)C(C)OC(=O)CC(C)CC)[C@H](N)C(=O)O)cc1OC(=O)CC. The zero-order chi connectivity index (χ0) is 26.0. The smallest absolute Gasteiger partial charge is 0.321 e. The van der Waals surface area contributed by atoms with Crippen LogP contribution in [0.4, 0.5) is 0 Å². The fourth-order valence-corrected chi connectivity index (χ4v) is 3.36. The molecule has 0 fully saturated rings. The fourth-order valence-electron chi connectivity index (χ4n) is 3.36. The molecular weight excluding hydrogens is 442 g/mol. The van der Waals surface area contributed by atoms with Crippen molar-refractivity contribution < 1.29 is 38.5 Å². The number of benzene rings is 1. The molecule has 190 valence electrons. The van der Waals surface area contributed by atoms with Gasteiger partial charge in [0.1, 0.15) is 12.1 Å². The average molecular weight is 480 g/mol. The van der Waals surface area contributed by atoms with Gasteiger partial charge in [0.15, 0.2) is 11.5 Å². The van der Waals surface area contributed by atoms with Crippen LogP contribution in [0.3, 0.4) is 0 Å². The van der Waals surface area contributed by atoms with E-state index in [1.807, 2.05) is 13.8 Å². The Balaban J connectivity index is 3.35. The molecule has 5 atom stereocenters. The Morgan fingerprint density at radius 1 is 0.912 bits per heavy atom. The van der Waals surface area contributed by atoms with Crippen LogP contribution < -0.4 is 15.2 Å². The van der Waals surface area contributed by atoms with Crippen molar-refractivity contribution in [1.82, 2.24) is 0 Å². The lowest BCUT2D eigenvalue weighted by molar-refractivity contribution is -0.152. The van der Waals surface area contributed by atoms with Crippen molar-refractivity contribution in [2.45, 2.75) is 85.3 Å². The van der Waals surface area contributed by atoms with Crippen molar-refractivity contribution in [2.24, 2.45) is 17.6 Å². The van der Waals surface area contributed by atoms with E-state index in [1.165, 1.54) is 12.1 Å². The molecule has 0 aliphatic carbocycles. The zero-order valence-electron chi connectivity index (χ0n) is 20.8. The quantitative estimate of drug-likeness (QED) is 0.319. The summed E-state index contributed by atoms with van der Waals surface area (Å²) < 4.78 is 16.2. The maximum atomic E-state index is 12.3. The molecule has 0 radical (unpaired) electrons. The third kappa shape index (κ3) is 8.44. The topological polar surface area (TPSA) is 142 Å². The molecule has 0 aromatic heterocycles. The van der Waals surface area contributed by atoms with Gasteiger partial charge in [0.05, 0.1) is 0 Å². The fraction of sp³-hybridized carbons (Fsp3) is 0.600. The molecule has 9 heteroatoms. The Morgan fingerprint density at radius 3 is 1.97 bits per heavy atom. The van der Waals surface area contributed by atoms with E-state index in [1.54, 1.807) is 33.8 Å². The lowest BCUT2D eigenvalue weighted by atomic mass is 9.79. The van der Waals surface area contributed by atoms with Crippen molar-refractivity contribution in [3.8, 4) is 11.5 Å². The lowest BCUT2D eigenvalue weighted by Crippen LogP contribution is -2.42. The van der Waals surface area contributed by atoms with Crippen LogP contribution in [0.5, 0.6) is 11.5 Å². The number of nitrogens with two attached hydrogens (primary N) is 1. The first-order valence-corrected chi connectivity index (χ1v) is 11.7. The van der Waals surface area contributed by atoms with Crippen LogP contribution in [-0.4, -0.2) is 41.1 Å². The molecule has 1 aromatic rings. The van der Waals surface area contributed by atoms with Crippen molar-refractivity contribution >= 4 is 23.9 Å². The number of rotatable bonds is 13. The first-order chi connectivity index (χ1) is 15.9. The van der Waals surface area contributed by atoms with Gasteiger partial charge in [0, 0.05) is 31.1 Å². The van der Waals surface area contributed by atoms with Crippen LogP contribution in [0.2, 0.25) is 0 Å². The minimum Gasteiger partial charge on any atom is -0.480 e. The number of carboxylic acid groups (broad SMARTS) is 1. The van der Waals surface area contributed by atoms with Crippen LogP contribution in [0.25, 0.3) is 0 Å². The number of hydrogen-bond donors (Lipinski definition) is 2. The van der Waals surface area contributed by atoms with E-state index in [9.17, 15) is 24.3 Å². The number of aliphatic carboxylic acids is 1. The molecule has 0 heterocycles. The van der Waals surface area contributed by atoms with E-state index >= 15 is 0 Å². The van der Waals surface area contributed by atoms with E-state index in [0.717, 1.165) is 6.42 Å². The maximum absolute atomic E-state index is 12.3. The normalized spacial score (nSPS) is 15.4. The second-order valence-corrected chi connectivity index (χ2v) is 8.52. The standard InChI is InChI=1S/C25H37NO8/c1-7-14(4)12-22(29)32-16(6)15(5)23(24(26)25(30)31)17-10-11-18(33-20(27)8-2)19(13-17)34-21(28)9-3/h10-11,13-16,23-24H,7-9,12,26H2,1-6H3,(H,30,31)/t14?,15?,16?,23?,24-/m0/s1. The van der Waals surface area contributed by atoms with Gasteiger partial charge in [-0.3, -0.25) is 19.2 Å². The minimum absolute atomic E-state index is 0.0117. The predicted octanol–water partition coefficient (Wildman–Crippen LogP) is 3.82. The van der Waals surface area contributed by atoms with Crippen LogP contribution in [0.15, 0.2) is 18.2 Å². The first kappa shape index (κ1) is 29.1. The second kappa shape index (κ2) is 13.7. The zero-order valence-corrected chi connectivity index (χ0v) is 20.8. The molecule has 0 saturated carbocycles. The number of esters is 3. The molecule has 0 amide bonds. The van der Waals surface area contributed by atoms with E-state index in [4.69, 9.17) is 19.9 Å². The lowest BCUT2D eigenvalue weighted by Gasteiger charge is -2.32. The van der Waals surface area contributed by atoms with Crippen LogP contribution >= 0.6 is 0 Å². The van der Waals surface area contributed by atoms with Crippen molar-refractivity contribution in [1.29, 1.82) is 0 Å². The van der Waals surface area contributed by atoms with Gasteiger partial charge in [-0.05, 0) is 30.5 Å². The summed E-state index contributed by atoms with van der Waals surface area (Å²) in [5.74, 6) is -3.76. The van der Waals surface area contributed by atoms with Gasteiger partial charge >= 0.3 is 23.9 Å². The number of hydrogen-bond acceptors (Lipinski definition) is 8. The number of carbonyl (C=O) groups is 4. The Morgan fingerprint density at radius 2 is 1.47 bits per heavy atom. The molecule has 0 aliphatic heterocycles. The maximum Gasteiger partial charge on any atom is 0.321 e. The largest absolute Gasteiger partial charge is 0.480 e. The molecule has 1 rings (SSSR count). The molecule has 0 aliphatic rings. The predicted molar refractivity (Wildman–Crippen MR) is 125 cm³/mol. The van der Waals surface area contributed by atoms with Crippen LogP contribution in [0.1, 0.15) is 78.7 Å². The van der Waals surface area contributed by atoms with Gasteiger partial charge in [0.25, 0.3) is 0 Å². The van der Waals surface area contributed by atoms with Crippen LogP contribution in [0, 0.1) is 11.8 Å². The van der Waals surface area contributed by atoms with Gasteiger partial charge in [-0.25, -0.2) is 0 Å². The highest BCUT2D eigenvalue weighted by molar-refractivity contribution is 5.77. The van der Waals surface area contributed by atoms with Crippen LogP contribution in [-0.2, 0) is 23.9 Å². The highest BCUT2D eigenvalue weighted by Gasteiger charge is 2.35. The highest BCUT2D eigenvalue weighted by atomic mass is 16.6. The highest BCUT2D eigenvalue weighted by Crippen LogP contribution is 2.37. The van der Waals surface area contributed by atoms with Crippen molar-refractivity contribution in [3.05, 3.63) is 23.8 Å². The molecule has 34 heavy (non-hydrogen) atoms. The molecule has 9 nitrogen and oxygen atoms in total. The molecule has 0 bridgehead atoms. The molecule has 0 spiro atoms. The number of carbonyl (C=O) groups excluding carboxylic acids is 3. The van der Waals surface area contributed by atoms with E-state index in [-0.39, 0.29) is 42.6 Å². The summed E-state index contributed by atoms with van der Waals surface area (Å²) >= 11 is 0. The molecule has 1 aromatic carbocycles. The Kier molecular flexibility index (Phi) is 11.7. The van der Waals surface area contributed by atoms with Gasteiger partial charge in [-0.15, -0.1) is 0 Å². The first-order valence-electron chi connectivity index (χ1n) is 11.7. The van der Waals surface area contributed by atoms with E-state index < -0.39 is 41.9 Å². The molecule has 0 saturated heterocycles. The molecule has 4 unspecified atom stereocenters. The Bertz CT molecular complexity index is 868. The van der Waals surface area contributed by atoms with Gasteiger partial charge < -0.3 is 25.1 Å². The van der Waals surface area contributed by atoms with Gasteiger partial charge in [0.2, 0.25) is 0 Å². The van der Waals surface area contributed by atoms with Crippen molar-refractivity contribution in [3.63, 3.8) is 0 Å². The van der Waals surface area contributed by atoms with E-state index in [0.29, 0.717) is 5.56 Å². The third-order valence-electron chi connectivity index (χ3n) is 5.89. The molecule has 3 N–H and O–H groups in total. The van der Waals surface area contributed by atoms with Gasteiger partial charge in [-0.1, -0.05) is 47.1 Å². The Hall–Kier alpha value is -2.94. The van der Waals surface area contributed by atoms with Crippen molar-refractivity contribution in [2.75, 3.05) is 0 Å². The summed E-state index contributed by atoms with van der Waals surface area (Å²) in [6.45, 7) is 10.6. The Labute approximate surface area is 200 Å². The van der Waals surface area contributed by atoms with E-state index in [2.05, 4.69) is 0 Å². The minimum atomic E-state index is -1.33. The number of ether oxygens (including phenoxy) is 3. The summed E-state index contributed by atoms with van der Waals surface area (Å²) in [7, 11) is 0.